The van der Waals surface area contributed by atoms with Crippen LogP contribution in [0.15, 0.2) is 30.3 Å². The molecule has 0 radical (unpaired) electrons. The van der Waals surface area contributed by atoms with Crippen molar-refractivity contribution in [1.29, 1.82) is 5.26 Å². The summed E-state index contributed by atoms with van der Waals surface area (Å²) in [5.41, 5.74) is 0.821. The Labute approximate surface area is 145 Å². The van der Waals surface area contributed by atoms with E-state index in [1.165, 1.54) is 0 Å². The van der Waals surface area contributed by atoms with Gasteiger partial charge in [0.05, 0.1) is 24.4 Å². The van der Waals surface area contributed by atoms with E-state index in [1.807, 2.05) is 51.1 Å². The Balaban J connectivity index is 1.80. The lowest BCUT2D eigenvalue weighted by molar-refractivity contribution is -0.0589. The Hall–Kier alpha value is -1.45. The molecule has 0 amide bonds. The van der Waals surface area contributed by atoms with Gasteiger partial charge in [0, 0.05) is 32.7 Å². The van der Waals surface area contributed by atoms with Gasteiger partial charge in [0.25, 0.3) is 0 Å². The fourth-order valence-electron chi connectivity index (χ4n) is 2.90. The number of aliphatic hydroxyl groups is 1. The molecule has 1 N–H and O–H groups in total. The predicted molar refractivity (Wildman–Crippen MR) is 94.5 cm³/mol. The predicted octanol–water partition coefficient (Wildman–Crippen LogP) is 2.04. The van der Waals surface area contributed by atoms with E-state index in [2.05, 4.69) is 15.9 Å². The molecule has 1 heterocycles. The molecule has 5 heteroatoms. The number of benzene rings is 1. The second-order valence-electron chi connectivity index (χ2n) is 7.36. The third-order valence-corrected chi connectivity index (χ3v) is 4.19. The highest BCUT2D eigenvalue weighted by atomic mass is 16.5. The number of ether oxygens (including phenoxy) is 1. The van der Waals surface area contributed by atoms with Crippen molar-refractivity contribution < 1.29 is 9.84 Å². The molecule has 0 aliphatic carbocycles. The molecule has 0 aromatic heterocycles. The molecule has 24 heavy (non-hydrogen) atoms. The second kappa shape index (κ2) is 8.59. The molecule has 0 saturated carbocycles. The summed E-state index contributed by atoms with van der Waals surface area (Å²) in [6, 6.07) is 12.2. The Morgan fingerprint density at radius 1 is 1.17 bits per heavy atom. The quantitative estimate of drug-likeness (QED) is 0.864. The van der Waals surface area contributed by atoms with Gasteiger partial charge in [0.1, 0.15) is 6.04 Å². The van der Waals surface area contributed by atoms with Gasteiger partial charge in [-0.1, -0.05) is 30.3 Å². The minimum Gasteiger partial charge on any atom is -0.389 e. The average molecular weight is 331 g/mol. The maximum absolute atomic E-state index is 10.1. The lowest BCUT2D eigenvalue weighted by atomic mass is 10.1. The van der Waals surface area contributed by atoms with Crippen LogP contribution in [0.25, 0.3) is 0 Å². The summed E-state index contributed by atoms with van der Waals surface area (Å²) in [6.45, 7) is 10.3. The number of nitrogens with zero attached hydrogens (tertiary/aromatic N) is 3. The first-order chi connectivity index (χ1) is 11.4. The number of rotatable bonds is 6. The van der Waals surface area contributed by atoms with Gasteiger partial charge in [0.15, 0.2) is 0 Å². The van der Waals surface area contributed by atoms with E-state index in [0.29, 0.717) is 13.2 Å². The van der Waals surface area contributed by atoms with Crippen LogP contribution in [-0.2, 0) is 4.74 Å². The Morgan fingerprint density at radius 3 is 2.33 bits per heavy atom. The topological polar surface area (TPSA) is 59.7 Å². The molecule has 1 fully saturated rings. The van der Waals surface area contributed by atoms with Gasteiger partial charge >= 0.3 is 0 Å². The van der Waals surface area contributed by atoms with Crippen molar-refractivity contribution in [2.45, 2.75) is 38.5 Å². The lowest BCUT2D eigenvalue weighted by Crippen LogP contribution is -2.50. The van der Waals surface area contributed by atoms with Crippen LogP contribution in [0.2, 0.25) is 0 Å². The van der Waals surface area contributed by atoms with Gasteiger partial charge in [-0.25, -0.2) is 0 Å². The third-order valence-electron chi connectivity index (χ3n) is 4.19. The first-order valence-corrected chi connectivity index (χ1v) is 8.62. The smallest absolute Gasteiger partial charge is 0.123 e. The van der Waals surface area contributed by atoms with Crippen molar-refractivity contribution in [3.8, 4) is 6.07 Å². The zero-order valence-electron chi connectivity index (χ0n) is 15.0. The molecule has 1 aliphatic heterocycles. The van der Waals surface area contributed by atoms with E-state index in [1.54, 1.807) is 0 Å². The van der Waals surface area contributed by atoms with E-state index >= 15 is 0 Å². The largest absolute Gasteiger partial charge is 0.389 e. The zero-order valence-corrected chi connectivity index (χ0v) is 15.0. The van der Waals surface area contributed by atoms with E-state index in [-0.39, 0.29) is 11.6 Å². The molecule has 2 unspecified atom stereocenters. The molecule has 0 bridgehead atoms. The van der Waals surface area contributed by atoms with Crippen LogP contribution in [0.5, 0.6) is 0 Å². The minimum absolute atomic E-state index is 0.192. The van der Waals surface area contributed by atoms with E-state index in [4.69, 9.17) is 4.74 Å². The van der Waals surface area contributed by atoms with Gasteiger partial charge in [-0.3, -0.25) is 9.80 Å². The molecule has 132 valence electrons. The highest BCUT2D eigenvalue weighted by molar-refractivity contribution is 5.24. The van der Waals surface area contributed by atoms with Gasteiger partial charge in [-0.05, 0) is 26.3 Å². The van der Waals surface area contributed by atoms with Crippen LogP contribution in [0.3, 0.4) is 0 Å². The van der Waals surface area contributed by atoms with E-state index < -0.39 is 6.10 Å². The molecule has 1 aromatic rings. The third kappa shape index (κ3) is 5.88. The van der Waals surface area contributed by atoms with E-state index in [9.17, 15) is 10.4 Å². The van der Waals surface area contributed by atoms with Crippen LogP contribution < -0.4 is 0 Å². The number of hydrogen-bond acceptors (Lipinski definition) is 5. The van der Waals surface area contributed by atoms with Crippen molar-refractivity contribution in [1.82, 2.24) is 9.80 Å². The standard InChI is InChI=1S/C19H29N3O2/c1-19(2,3)24-15-17(23)14-21-9-11-22(12-10-21)18(13-20)16-7-5-4-6-8-16/h4-8,17-18,23H,9-12,14-15H2,1-3H3. The summed E-state index contributed by atoms with van der Waals surface area (Å²) in [5, 5.41) is 19.7. The summed E-state index contributed by atoms with van der Waals surface area (Å²) in [6.07, 6.45) is -0.475. The molecule has 0 spiro atoms. The molecular formula is C19H29N3O2. The fourth-order valence-corrected chi connectivity index (χ4v) is 2.90. The molecule has 2 rings (SSSR count). The summed E-state index contributed by atoms with van der Waals surface area (Å²) in [7, 11) is 0. The molecule has 1 aliphatic rings. The fraction of sp³-hybridized carbons (Fsp3) is 0.632. The first kappa shape index (κ1) is 18.9. The maximum atomic E-state index is 10.1. The summed E-state index contributed by atoms with van der Waals surface area (Å²) < 4.78 is 5.64. The normalized spacial score (nSPS) is 19.6. The number of piperazine rings is 1. The van der Waals surface area contributed by atoms with Gasteiger partial charge < -0.3 is 9.84 Å². The first-order valence-electron chi connectivity index (χ1n) is 8.62. The van der Waals surface area contributed by atoms with Crippen molar-refractivity contribution >= 4 is 0 Å². The van der Waals surface area contributed by atoms with Crippen LogP contribution >= 0.6 is 0 Å². The number of aliphatic hydroxyl groups excluding tert-OH is 1. The van der Waals surface area contributed by atoms with Gasteiger partial charge in [-0.15, -0.1) is 0 Å². The second-order valence-corrected chi connectivity index (χ2v) is 7.36. The highest BCUT2D eigenvalue weighted by Crippen LogP contribution is 2.21. The molecule has 1 saturated heterocycles. The average Bonchev–Trinajstić information content (AvgIpc) is 2.56. The molecule has 5 nitrogen and oxygen atoms in total. The highest BCUT2D eigenvalue weighted by Gasteiger charge is 2.26. The maximum Gasteiger partial charge on any atom is 0.123 e. The van der Waals surface area contributed by atoms with Crippen LogP contribution in [0.4, 0.5) is 0 Å². The Morgan fingerprint density at radius 2 is 1.79 bits per heavy atom. The Bertz CT molecular complexity index is 528. The van der Waals surface area contributed by atoms with Gasteiger partial charge in [0.2, 0.25) is 0 Å². The van der Waals surface area contributed by atoms with Gasteiger partial charge in [-0.2, -0.15) is 5.26 Å². The lowest BCUT2D eigenvalue weighted by Gasteiger charge is -2.37. The van der Waals surface area contributed by atoms with Crippen molar-refractivity contribution in [2.24, 2.45) is 0 Å². The van der Waals surface area contributed by atoms with Crippen molar-refractivity contribution in [3.63, 3.8) is 0 Å². The summed E-state index contributed by atoms with van der Waals surface area (Å²) in [5.74, 6) is 0. The molecule has 1 aromatic carbocycles. The number of β-amino-alcohol motifs (C(OH)–C–C–N with tert-alkyl or cyclic N) is 1. The monoisotopic (exact) mass is 331 g/mol. The van der Waals surface area contributed by atoms with Crippen molar-refractivity contribution in [2.75, 3.05) is 39.3 Å². The van der Waals surface area contributed by atoms with Crippen LogP contribution in [0, 0.1) is 11.3 Å². The van der Waals surface area contributed by atoms with Crippen molar-refractivity contribution in [3.05, 3.63) is 35.9 Å². The minimum atomic E-state index is -0.475. The molecule has 2 atom stereocenters. The number of hydrogen-bond donors (Lipinski definition) is 1. The zero-order chi connectivity index (χ0) is 17.6. The molecular weight excluding hydrogens is 302 g/mol. The Kier molecular flexibility index (Phi) is 6.76. The SMILES string of the molecule is CC(C)(C)OCC(O)CN1CCN(C(C#N)c2ccccc2)CC1. The van der Waals surface area contributed by atoms with Crippen LogP contribution in [0.1, 0.15) is 32.4 Å². The summed E-state index contributed by atoms with van der Waals surface area (Å²) >= 11 is 0. The van der Waals surface area contributed by atoms with Crippen LogP contribution in [-0.4, -0.2) is 65.9 Å². The number of nitriles is 1. The summed E-state index contributed by atoms with van der Waals surface area (Å²) in [4.78, 5) is 4.45. The van der Waals surface area contributed by atoms with E-state index in [0.717, 1.165) is 31.7 Å².